The molecule has 0 aromatic carbocycles. The number of nitrogens with zero attached hydrogens (tertiary/aromatic N) is 4. The summed E-state index contributed by atoms with van der Waals surface area (Å²) in [5.74, 6) is 0.449. The van der Waals surface area contributed by atoms with E-state index in [0.717, 1.165) is 29.8 Å². The fourth-order valence-corrected chi connectivity index (χ4v) is 4.74. The highest BCUT2D eigenvalue weighted by Gasteiger charge is 2.32. The van der Waals surface area contributed by atoms with Gasteiger partial charge in [0.25, 0.3) is 5.78 Å². The first-order chi connectivity index (χ1) is 14.0. The van der Waals surface area contributed by atoms with E-state index < -0.39 is 0 Å². The van der Waals surface area contributed by atoms with E-state index in [1.807, 2.05) is 25.3 Å². The number of carbonyl (C=O) groups excluding carboxylic acids is 2. The largest absolute Gasteiger partial charge is 0.462 e. The molecule has 3 aromatic heterocycles. The number of fused-ring (bicyclic) bond motifs is 1. The van der Waals surface area contributed by atoms with Crippen LogP contribution >= 0.6 is 23.1 Å². The number of hydrogen-bond acceptors (Lipinski definition) is 8. The van der Waals surface area contributed by atoms with Crippen molar-refractivity contribution < 1.29 is 14.3 Å². The van der Waals surface area contributed by atoms with Gasteiger partial charge >= 0.3 is 5.97 Å². The number of thiophene rings is 1. The van der Waals surface area contributed by atoms with E-state index in [0.29, 0.717) is 34.0 Å². The molecule has 1 aliphatic carbocycles. The quantitative estimate of drug-likeness (QED) is 0.451. The molecule has 3 aromatic rings. The Morgan fingerprint density at radius 1 is 1.34 bits per heavy atom. The van der Waals surface area contributed by atoms with E-state index in [1.165, 1.54) is 23.1 Å². The van der Waals surface area contributed by atoms with Gasteiger partial charge in [0.05, 0.1) is 17.9 Å². The number of anilines is 1. The van der Waals surface area contributed by atoms with Crippen molar-refractivity contribution in [1.82, 2.24) is 19.6 Å². The molecule has 0 radical (unpaired) electrons. The monoisotopic (exact) mass is 431 g/mol. The summed E-state index contributed by atoms with van der Waals surface area (Å²) in [6, 6.07) is 1.92. The smallest absolute Gasteiger partial charge is 0.341 e. The number of amides is 1. The molecule has 152 valence electrons. The second kappa shape index (κ2) is 8.11. The summed E-state index contributed by atoms with van der Waals surface area (Å²) in [4.78, 5) is 33.6. The third kappa shape index (κ3) is 4.27. The minimum absolute atomic E-state index is 0.133. The molecule has 0 spiro atoms. The fraction of sp³-hybridized carbons (Fsp3) is 0.421. The molecule has 3 heterocycles. The predicted octanol–water partition coefficient (Wildman–Crippen LogP) is 3.59. The summed E-state index contributed by atoms with van der Waals surface area (Å²) in [5.41, 5.74) is 3.28. The van der Waals surface area contributed by atoms with Crippen molar-refractivity contribution in [1.29, 1.82) is 0 Å². The van der Waals surface area contributed by atoms with Crippen LogP contribution in [0.5, 0.6) is 0 Å². The molecule has 0 unspecified atom stereocenters. The van der Waals surface area contributed by atoms with Crippen LogP contribution in [0.1, 0.15) is 53.0 Å². The van der Waals surface area contributed by atoms with Gasteiger partial charge in [-0.1, -0.05) is 11.8 Å². The molecular weight excluding hydrogens is 410 g/mol. The molecule has 4 rings (SSSR count). The van der Waals surface area contributed by atoms with E-state index in [1.54, 1.807) is 11.4 Å². The third-order valence-corrected chi connectivity index (χ3v) is 6.25. The van der Waals surface area contributed by atoms with Gasteiger partial charge in [-0.25, -0.2) is 14.3 Å². The molecule has 1 amide bonds. The van der Waals surface area contributed by atoms with Gasteiger partial charge < -0.3 is 10.1 Å². The molecule has 1 saturated carbocycles. The third-order valence-electron chi connectivity index (χ3n) is 4.50. The zero-order valence-corrected chi connectivity index (χ0v) is 18.0. The van der Waals surface area contributed by atoms with E-state index in [4.69, 9.17) is 4.74 Å². The van der Waals surface area contributed by atoms with Crippen molar-refractivity contribution in [2.24, 2.45) is 0 Å². The fourth-order valence-electron chi connectivity index (χ4n) is 3.07. The van der Waals surface area contributed by atoms with Crippen LogP contribution in [0.25, 0.3) is 5.78 Å². The van der Waals surface area contributed by atoms with Crippen molar-refractivity contribution >= 4 is 45.8 Å². The van der Waals surface area contributed by atoms with E-state index in [2.05, 4.69) is 20.4 Å². The van der Waals surface area contributed by atoms with Gasteiger partial charge in [0.1, 0.15) is 5.00 Å². The maximum atomic E-state index is 12.5. The zero-order chi connectivity index (χ0) is 20.5. The molecule has 0 atom stereocenters. The number of carbonyl (C=O) groups is 2. The highest BCUT2D eigenvalue weighted by molar-refractivity contribution is 7.99. The van der Waals surface area contributed by atoms with Gasteiger partial charge in [0, 0.05) is 11.4 Å². The number of thioether (sulfide) groups is 1. The molecular formula is C19H21N5O3S2. The van der Waals surface area contributed by atoms with Gasteiger partial charge in [-0.15, -0.1) is 16.4 Å². The molecule has 29 heavy (non-hydrogen) atoms. The Hall–Kier alpha value is -2.46. The maximum Gasteiger partial charge on any atom is 0.341 e. The molecule has 10 heteroatoms. The number of esters is 1. The van der Waals surface area contributed by atoms with Gasteiger partial charge in [-0.2, -0.15) is 4.98 Å². The van der Waals surface area contributed by atoms with Crippen LogP contribution in [0, 0.1) is 13.8 Å². The van der Waals surface area contributed by atoms with Crippen LogP contribution in [0.15, 0.2) is 16.6 Å². The topological polar surface area (TPSA) is 98.5 Å². The van der Waals surface area contributed by atoms with E-state index in [-0.39, 0.29) is 17.6 Å². The standard InChI is InChI=1S/C19H21N5O3S2/c1-4-27-17(26)15-13(12-5-6-12)8-28-16(15)21-14(25)9-29-19-22-18-20-10(2)7-11(3)24(18)23-19/h7-8,12H,4-6,9H2,1-3H3,(H,21,25). The Kier molecular flexibility index (Phi) is 5.55. The minimum Gasteiger partial charge on any atom is -0.462 e. The lowest BCUT2D eigenvalue weighted by molar-refractivity contribution is -0.113. The molecule has 0 aliphatic heterocycles. The van der Waals surface area contributed by atoms with Crippen LogP contribution < -0.4 is 5.32 Å². The maximum absolute atomic E-state index is 12.5. The molecule has 0 saturated heterocycles. The van der Waals surface area contributed by atoms with Crippen molar-refractivity contribution in [3.05, 3.63) is 34.0 Å². The summed E-state index contributed by atoms with van der Waals surface area (Å²) < 4.78 is 6.85. The minimum atomic E-state index is -0.377. The Morgan fingerprint density at radius 2 is 2.14 bits per heavy atom. The Morgan fingerprint density at radius 3 is 2.86 bits per heavy atom. The molecule has 1 fully saturated rings. The van der Waals surface area contributed by atoms with Crippen LogP contribution in [-0.4, -0.2) is 43.8 Å². The summed E-state index contributed by atoms with van der Waals surface area (Å²) >= 11 is 2.60. The first-order valence-electron chi connectivity index (χ1n) is 9.38. The molecule has 1 N–H and O–H groups in total. The SMILES string of the molecule is CCOC(=O)c1c(C2CC2)csc1NC(=O)CSc1nc2nc(C)cc(C)n2n1. The Bertz CT molecular complexity index is 1090. The van der Waals surface area contributed by atoms with Gasteiger partial charge in [0.15, 0.2) is 0 Å². The van der Waals surface area contributed by atoms with E-state index >= 15 is 0 Å². The van der Waals surface area contributed by atoms with Crippen molar-refractivity contribution in [2.45, 2.75) is 44.7 Å². The zero-order valence-electron chi connectivity index (χ0n) is 16.4. The van der Waals surface area contributed by atoms with E-state index in [9.17, 15) is 9.59 Å². The second-order valence-corrected chi connectivity index (χ2v) is 8.69. The second-order valence-electron chi connectivity index (χ2n) is 6.87. The van der Waals surface area contributed by atoms with Crippen LogP contribution in [0.2, 0.25) is 0 Å². The lowest BCUT2D eigenvalue weighted by atomic mass is 10.1. The number of rotatable bonds is 7. The van der Waals surface area contributed by atoms with Crippen LogP contribution in [0.4, 0.5) is 5.00 Å². The first kappa shape index (κ1) is 19.8. The van der Waals surface area contributed by atoms with Gasteiger partial charge in [-0.05, 0) is 56.5 Å². The number of aromatic nitrogens is 4. The number of aryl methyl sites for hydroxylation is 2. The average Bonchev–Trinajstić information content (AvgIpc) is 3.29. The molecule has 8 nitrogen and oxygen atoms in total. The number of hydrogen-bond donors (Lipinski definition) is 1. The van der Waals surface area contributed by atoms with Gasteiger partial charge in [-0.3, -0.25) is 4.79 Å². The Balaban J connectivity index is 1.45. The summed E-state index contributed by atoms with van der Waals surface area (Å²) in [6.07, 6.45) is 2.14. The lowest BCUT2D eigenvalue weighted by Gasteiger charge is -2.07. The predicted molar refractivity (Wildman–Crippen MR) is 112 cm³/mol. The van der Waals surface area contributed by atoms with Gasteiger partial charge in [0.2, 0.25) is 11.1 Å². The molecule has 0 bridgehead atoms. The van der Waals surface area contributed by atoms with Crippen LogP contribution in [-0.2, 0) is 9.53 Å². The summed E-state index contributed by atoms with van der Waals surface area (Å²) in [7, 11) is 0. The normalized spacial score (nSPS) is 13.6. The molecule has 1 aliphatic rings. The average molecular weight is 432 g/mol. The summed E-state index contributed by atoms with van der Waals surface area (Å²) in [5, 5.41) is 10.2. The van der Waals surface area contributed by atoms with Crippen LogP contribution in [0.3, 0.4) is 0 Å². The number of nitrogens with one attached hydrogen (secondary N) is 1. The Labute approximate surface area is 176 Å². The lowest BCUT2D eigenvalue weighted by Crippen LogP contribution is -2.16. The summed E-state index contributed by atoms with van der Waals surface area (Å²) in [6.45, 7) is 5.91. The first-order valence-corrected chi connectivity index (χ1v) is 11.2. The highest BCUT2D eigenvalue weighted by atomic mass is 32.2. The van der Waals surface area contributed by atoms with Crippen molar-refractivity contribution in [2.75, 3.05) is 17.7 Å². The number of ether oxygens (including phenoxy) is 1. The highest BCUT2D eigenvalue weighted by Crippen LogP contribution is 2.46. The van der Waals surface area contributed by atoms with Crippen molar-refractivity contribution in [3.63, 3.8) is 0 Å². The van der Waals surface area contributed by atoms with Crippen molar-refractivity contribution in [3.8, 4) is 0 Å².